The Balaban J connectivity index is 1.37. The average Bonchev–Trinajstić information content (AvgIpc) is 3.24. The molecule has 2 aromatic carbocycles. The van der Waals surface area contributed by atoms with E-state index in [1.807, 2.05) is 42.5 Å². The molecule has 0 saturated carbocycles. The molecular weight excluding hydrogens is 414 g/mol. The van der Waals surface area contributed by atoms with Gasteiger partial charge in [-0.15, -0.1) is 0 Å². The Hall–Kier alpha value is -4.17. The van der Waals surface area contributed by atoms with Gasteiger partial charge in [-0.1, -0.05) is 11.6 Å². The first-order chi connectivity index (χ1) is 15.1. The van der Waals surface area contributed by atoms with Gasteiger partial charge in [0.15, 0.2) is 0 Å². The Bertz CT molecular complexity index is 1370. The Morgan fingerprint density at radius 3 is 2.68 bits per heavy atom. The van der Waals surface area contributed by atoms with Crippen LogP contribution in [0.1, 0.15) is 0 Å². The molecule has 0 aliphatic heterocycles. The maximum atomic E-state index is 6.45. The van der Waals surface area contributed by atoms with Crippen LogP contribution in [0.2, 0.25) is 5.02 Å². The van der Waals surface area contributed by atoms with Gasteiger partial charge in [0.05, 0.1) is 22.4 Å². The topological polar surface area (TPSA) is 115 Å². The quantitative estimate of drug-likeness (QED) is 0.352. The van der Waals surface area contributed by atoms with E-state index in [4.69, 9.17) is 22.1 Å². The highest BCUT2D eigenvalue weighted by atomic mass is 35.5. The molecule has 0 bridgehead atoms. The van der Waals surface area contributed by atoms with Crippen molar-refractivity contribution < 1.29 is 4.74 Å². The number of nitrogens with two attached hydrogens (primary N) is 1. The lowest BCUT2D eigenvalue weighted by molar-refractivity contribution is 0.484. The lowest BCUT2D eigenvalue weighted by Gasteiger charge is -2.11. The minimum Gasteiger partial charge on any atom is -0.456 e. The first-order valence-electron chi connectivity index (χ1n) is 9.36. The summed E-state index contributed by atoms with van der Waals surface area (Å²) in [5.41, 5.74) is 9.15. The van der Waals surface area contributed by atoms with E-state index < -0.39 is 0 Å². The van der Waals surface area contributed by atoms with Crippen LogP contribution in [-0.4, -0.2) is 25.1 Å². The molecule has 4 N–H and O–H groups in total. The van der Waals surface area contributed by atoms with Crippen LogP contribution in [-0.2, 0) is 0 Å². The molecule has 8 nitrogen and oxygen atoms in total. The number of anilines is 3. The highest BCUT2D eigenvalue weighted by Crippen LogP contribution is 2.33. The highest BCUT2D eigenvalue weighted by molar-refractivity contribution is 6.32. The number of rotatable bonds is 5. The predicted molar refractivity (Wildman–Crippen MR) is 121 cm³/mol. The summed E-state index contributed by atoms with van der Waals surface area (Å²) in [7, 11) is 0. The number of halogens is 1. The molecule has 0 radical (unpaired) electrons. The maximum absolute atomic E-state index is 6.45. The molecule has 0 aliphatic carbocycles. The van der Waals surface area contributed by atoms with Crippen molar-refractivity contribution in [2.75, 3.05) is 11.1 Å². The third-order valence-corrected chi connectivity index (χ3v) is 4.86. The number of benzene rings is 2. The molecule has 3 heterocycles. The number of pyridine rings is 1. The molecule has 0 spiro atoms. The minimum absolute atomic E-state index is 0.164. The van der Waals surface area contributed by atoms with Crippen molar-refractivity contribution in [1.82, 2.24) is 25.1 Å². The monoisotopic (exact) mass is 429 g/mol. The number of aromatic amines is 1. The van der Waals surface area contributed by atoms with Crippen molar-refractivity contribution in [3.8, 4) is 22.8 Å². The van der Waals surface area contributed by atoms with Crippen LogP contribution in [0.4, 0.5) is 17.5 Å². The van der Waals surface area contributed by atoms with Crippen LogP contribution in [0, 0.1) is 0 Å². The van der Waals surface area contributed by atoms with E-state index in [1.54, 1.807) is 30.7 Å². The largest absolute Gasteiger partial charge is 0.456 e. The Labute approximate surface area is 182 Å². The molecule has 9 heteroatoms. The van der Waals surface area contributed by atoms with Gasteiger partial charge in [-0.2, -0.15) is 10.1 Å². The molecule has 0 aliphatic rings. The maximum Gasteiger partial charge on any atom is 0.222 e. The third kappa shape index (κ3) is 4.10. The van der Waals surface area contributed by atoms with E-state index in [9.17, 15) is 0 Å². The van der Waals surface area contributed by atoms with Gasteiger partial charge in [0.2, 0.25) is 5.95 Å². The van der Waals surface area contributed by atoms with E-state index in [2.05, 4.69) is 30.5 Å². The summed E-state index contributed by atoms with van der Waals surface area (Å²) in [5, 5.41) is 11.5. The van der Waals surface area contributed by atoms with Crippen LogP contribution >= 0.6 is 11.6 Å². The standard InChI is InChI=1S/C22H16ClN7O/c23-17-10-15(1-4-20(17)31-16-2-3-18-14(9-16)12-26-30-18)27-21-11-19(28-22(24)29-21)13-5-7-25-8-6-13/h1-12H,(H,26,30)(H3,24,27,28,29). The number of nitrogens with one attached hydrogen (secondary N) is 2. The summed E-state index contributed by atoms with van der Waals surface area (Å²) in [6.45, 7) is 0. The smallest absolute Gasteiger partial charge is 0.222 e. The molecule has 5 rings (SSSR count). The van der Waals surface area contributed by atoms with Crippen LogP contribution in [0.5, 0.6) is 11.5 Å². The number of H-pyrrole nitrogens is 1. The number of nitrogen functional groups attached to an aromatic ring is 1. The van der Waals surface area contributed by atoms with Gasteiger partial charge in [0, 0.05) is 35.1 Å². The van der Waals surface area contributed by atoms with Crippen molar-refractivity contribution in [2.45, 2.75) is 0 Å². The summed E-state index contributed by atoms with van der Waals surface area (Å²) >= 11 is 6.45. The lowest BCUT2D eigenvalue weighted by atomic mass is 10.2. The molecule has 3 aromatic heterocycles. The van der Waals surface area contributed by atoms with Crippen LogP contribution in [0.25, 0.3) is 22.2 Å². The Morgan fingerprint density at radius 1 is 0.968 bits per heavy atom. The fourth-order valence-corrected chi connectivity index (χ4v) is 3.34. The fourth-order valence-electron chi connectivity index (χ4n) is 3.12. The van der Waals surface area contributed by atoms with Crippen molar-refractivity contribution in [3.63, 3.8) is 0 Å². The van der Waals surface area contributed by atoms with E-state index in [0.717, 1.165) is 22.2 Å². The van der Waals surface area contributed by atoms with Gasteiger partial charge in [-0.05, 0) is 48.5 Å². The van der Waals surface area contributed by atoms with Gasteiger partial charge in [-0.3, -0.25) is 10.1 Å². The molecule has 31 heavy (non-hydrogen) atoms. The molecule has 0 unspecified atom stereocenters. The molecule has 152 valence electrons. The van der Waals surface area contributed by atoms with Crippen molar-refractivity contribution >= 4 is 40.0 Å². The molecule has 0 amide bonds. The molecule has 0 atom stereocenters. The predicted octanol–water partition coefficient (Wildman–Crippen LogP) is 5.19. The first-order valence-corrected chi connectivity index (χ1v) is 9.74. The summed E-state index contributed by atoms with van der Waals surface area (Å²) < 4.78 is 5.93. The van der Waals surface area contributed by atoms with Gasteiger partial charge in [0.25, 0.3) is 0 Å². The van der Waals surface area contributed by atoms with Gasteiger partial charge in [-0.25, -0.2) is 4.98 Å². The first kappa shape index (κ1) is 18.8. The minimum atomic E-state index is 0.164. The summed E-state index contributed by atoms with van der Waals surface area (Å²) in [6, 6.07) is 16.6. The number of nitrogens with zero attached hydrogens (tertiary/aromatic N) is 4. The lowest BCUT2D eigenvalue weighted by Crippen LogP contribution is -2.01. The zero-order valence-corrected chi connectivity index (χ0v) is 16.8. The van der Waals surface area contributed by atoms with E-state index in [0.29, 0.717) is 28.0 Å². The van der Waals surface area contributed by atoms with Gasteiger partial charge >= 0.3 is 0 Å². The molecule has 0 saturated heterocycles. The number of aromatic nitrogens is 5. The second kappa shape index (κ2) is 7.92. The van der Waals surface area contributed by atoms with Crippen molar-refractivity contribution in [1.29, 1.82) is 0 Å². The number of hydrogen-bond donors (Lipinski definition) is 3. The summed E-state index contributed by atoms with van der Waals surface area (Å²) in [6.07, 6.45) is 5.14. The van der Waals surface area contributed by atoms with Crippen molar-refractivity contribution in [2.24, 2.45) is 0 Å². The highest BCUT2D eigenvalue weighted by Gasteiger charge is 2.09. The normalized spacial score (nSPS) is 10.9. The number of hydrogen-bond acceptors (Lipinski definition) is 7. The molecule has 0 fully saturated rings. The average molecular weight is 430 g/mol. The zero-order valence-electron chi connectivity index (χ0n) is 16.1. The third-order valence-electron chi connectivity index (χ3n) is 4.56. The SMILES string of the molecule is Nc1nc(Nc2ccc(Oc3ccc4[nH]ncc4c3)c(Cl)c2)cc(-c2ccncc2)n1. The summed E-state index contributed by atoms with van der Waals surface area (Å²) in [4.78, 5) is 12.6. The van der Waals surface area contributed by atoms with Gasteiger partial charge in [0.1, 0.15) is 17.3 Å². The van der Waals surface area contributed by atoms with E-state index >= 15 is 0 Å². The number of fused-ring (bicyclic) bond motifs is 1. The zero-order chi connectivity index (χ0) is 21.2. The molecular formula is C22H16ClN7O. The Morgan fingerprint density at radius 2 is 1.84 bits per heavy atom. The van der Waals surface area contributed by atoms with Crippen LogP contribution in [0.15, 0.2) is 73.2 Å². The van der Waals surface area contributed by atoms with Crippen LogP contribution in [0.3, 0.4) is 0 Å². The van der Waals surface area contributed by atoms with Crippen molar-refractivity contribution in [3.05, 3.63) is 78.2 Å². The van der Waals surface area contributed by atoms with Gasteiger partial charge < -0.3 is 15.8 Å². The number of ether oxygens (including phenoxy) is 1. The van der Waals surface area contributed by atoms with E-state index in [1.165, 1.54) is 0 Å². The second-order valence-electron chi connectivity index (χ2n) is 6.72. The van der Waals surface area contributed by atoms with E-state index in [-0.39, 0.29) is 5.95 Å². The Kier molecular flexibility index (Phi) is 4.81. The summed E-state index contributed by atoms with van der Waals surface area (Å²) in [5.74, 6) is 1.92. The molecule has 5 aromatic rings. The van der Waals surface area contributed by atoms with Crippen LogP contribution < -0.4 is 15.8 Å². The fraction of sp³-hybridized carbons (Fsp3) is 0. The second-order valence-corrected chi connectivity index (χ2v) is 7.13.